The molecule has 0 unspecified atom stereocenters. The molecule has 0 bridgehead atoms. The van der Waals surface area contributed by atoms with E-state index in [1.807, 2.05) is 0 Å². The summed E-state index contributed by atoms with van der Waals surface area (Å²) >= 11 is 6.89. The highest BCUT2D eigenvalue weighted by molar-refractivity contribution is 7.99. The van der Waals surface area contributed by atoms with Crippen LogP contribution in [-0.4, -0.2) is 27.0 Å². The van der Waals surface area contributed by atoms with Gasteiger partial charge in [-0.3, -0.25) is 4.79 Å². The summed E-state index contributed by atoms with van der Waals surface area (Å²) in [6.07, 6.45) is 0. The van der Waals surface area contributed by atoms with Gasteiger partial charge in [0.1, 0.15) is 5.75 Å². The number of nitrogens with zero attached hydrogens (tertiary/aromatic N) is 2. The van der Waals surface area contributed by atoms with Crippen LogP contribution in [0, 0.1) is 6.92 Å². The van der Waals surface area contributed by atoms with Gasteiger partial charge in [0.2, 0.25) is 11.8 Å². The van der Waals surface area contributed by atoms with Gasteiger partial charge in [0.05, 0.1) is 11.4 Å². The first-order valence-corrected chi connectivity index (χ1v) is 6.62. The van der Waals surface area contributed by atoms with Crippen molar-refractivity contribution in [1.82, 2.24) is 10.2 Å². The number of halogens is 1. The molecule has 0 saturated heterocycles. The Morgan fingerprint density at radius 2 is 2.32 bits per heavy atom. The number of rotatable bonds is 4. The molecule has 2 rings (SSSR count). The maximum absolute atomic E-state index is 11.7. The summed E-state index contributed by atoms with van der Waals surface area (Å²) in [7, 11) is 0. The molecule has 0 aliphatic rings. The number of carbonyl (C=O) groups is 1. The maximum Gasteiger partial charge on any atom is 0.277 e. The molecule has 1 aromatic carbocycles. The molecule has 2 N–H and O–H groups in total. The summed E-state index contributed by atoms with van der Waals surface area (Å²) < 4.78 is 5.12. The van der Waals surface area contributed by atoms with Crippen LogP contribution in [0.3, 0.4) is 0 Å². The minimum Gasteiger partial charge on any atom is -0.506 e. The Labute approximate surface area is 118 Å². The van der Waals surface area contributed by atoms with E-state index in [-0.39, 0.29) is 23.1 Å². The van der Waals surface area contributed by atoms with Crippen molar-refractivity contribution < 1.29 is 14.3 Å². The Bertz CT molecular complexity index is 603. The number of aryl methyl sites for hydroxylation is 1. The van der Waals surface area contributed by atoms with Crippen molar-refractivity contribution in [2.75, 3.05) is 11.1 Å². The van der Waals surface area contributed by atoms with Gasteiger partial charge >= 0.3 is 0 Å². The molecule has 0 radical (unpaired) electrons. The smallest absolute Gasteiger partial charge is 0.277 e. The molecular formula is C11H10ClN3O3S. The molecule has 0 spiro atoms. The van der Waals surface area contributed by atoms with E-state index in [0.717, 1.165) is 11.8 Å². The number of anilines is 1. The zero-order valence-electron chi connectivity index (χ0n) is 9.88. The lowest BCUT2D eigenvalue weighted by Crippen LogP contribution is -2.14. The van der Waals surface area contributed by atoms with Crippen LogP contribution in [0.5, 0.6) is 5.75 Å². The predicted molar refractivity (Wildman–Crippen MR) is 71.5 cm³/mol. The fourth-order valence-corrected chi connectivity index (χ4v) is 2.04. The molecule has 0 aliphatic heterocycles. The van der Waals surface area contributed by atoms with Crippen molar-refractivity contribution in [3.8, 4) is 5.75 Å². The highest BCUT2D eigenvalue weighted by atomic mass is 35.5. The summed E-state index contributed by atoms with van der Waals surface area (Å²) in [4.78, 5) is 11.7. The zero-order valence-corrected chi connectivity index (χ0v) is 11.5. The van der Waals surface area contributed by atoms with Gasteiger partial charge in [-0.1, -0.05) is 23.4 Å². The average molecular weight is 300 g/mol. The summed E-state index contributed by atoms with van der Waals surface area (Å²) in [5.74, 6) is 0.179. The van der Waals surface area contributed by atoms with E-state index < -0.39 is 0 Å². The van der Waals surface area contributed by atoms with E-state index in [1.54, 1.807) is 6.92 Å². The number of nitrogens with one attached hydrogen (secondary N) is 1. The van der Waals surface area contributed by atoms with Crippen LogP contribution in [0.1, 0.15) is 5.89 Å². The monoisotopic (exact) mass is 299 g/mol. The van der Waals surface area contributed by atoms with Gasteiger partial charge in [0, 0.05) is 11.9 Å². The molecule has 19 heavy (non-hydrogen) atoms. The third-order valence-corrected chi connectivity index (χ3v) is 3.12. The van der Waals surface area contributed by atoms with Crippen LogP contribution in [0.15, 0.2) is 27.8 Å². The molecular weight excluding hydrogens is 290 g/mol. The van der Waals surface area contributed by atoms with Gasteiger partial charge in [0.15, 0.2) is 0 Å². The lowest BCUT2D eigenvalue weighted by molar-refractivity contribution is -0.113. The van der Waals surface area contributed by atoms with Gasteiger partial charge in [-0.05, 0) is 18.2 Å². The second kappa shape index (κ2) is 5.94. The number of benzene rings is 1. The number of aromatic hydroxyl groups is 1. The summed E-state index contributed by atoms with van der Waals surface area (Å²) in [6, 6.07) is 4.41. The quantitative estimate of drug-likeness (QED) is 0.666. The average Bonchev–Trinajstić information content (AvgIpc) is 2.77. The second-order valence-electron chi connectivity index (χ2n) is 3.59. The highest BCUT2D eigenvalue weighted by Gasteiger charge is 2.10. The Morgan fingerprint density at radius 1 is 1.53 bits per heavy atom. The third kappa shape index (κ3) is 3.87. The van der Waals surface area contributed by atoms with Gasteiger partial charge in [-0.25, -0.2) is 0 Å². The largest absolute Gasteiger partial charge is 0.506 e. The van der Waals surface area contributed by atoms with E-state index >= 15 is 0 Å². The van der Waals surface area contributed by atoms with Crippen LogP contribution in [0.4, 0.5) is 5.69 Å². The first-order chi connectivity index (χ1) is 9.04. The lowest BCUT2D eigenvalue weighted by atomic mass is 10.3. The van der Waals surface area contributed by atoms with Crippen molar-refractivity contribution in [2.45, 2.75) is 12.1 Å². The number of hydrogen-bond acceptors (Lipinski definition) is 6. The molecule has 1 amide bonds. The second-order valence-corrected chi connectivity index (χ2v) is 4.95. The number of amides is 1. The lowest BCUT2D eigenvalue weighted by Gasteiger charge is -2.06. The van der Waals surface area contributed by atoms with Gasteiger partial charge < -0.3 is 14.8 Å². The Balaban J connectivity index is 1.92. The molecule has 0 atom stereocenters. The first kappa shape index (κ1) is 13.7. The molecule has 2 aromatic rings. The number of phenolic OH excluding ortho intramolecular Hbond substituents is 1. The SMILES string of the molecule is Cc1nnc(SCC(=O)Nc2cc(Cl)ccc2O)o1. The molecule has 100 valence electrons. The number of hydrogen-bond donors (Lipinski definition) is 2. The van der Waals surface area contributed by atoms with E-state index in [1.165, 1.54) is 18.2 Å². The van der Waals surface area contributed by atoms with Gasteiger partial charge in [-0.2, -0.15) is 0 Å². The van der Waals surface area contributed by atoms with Crippen LogP contribution in [0.2, 0.25) is 5.02 Å². The Morgan fingerprint density at radius 3 is 3.00 bits per heavy atom. The number of aromatic nitrogens is 2. The Hall–Kier alpha value is -1.73. The maximum atomic E-state index is 11.7. The van der Waals surface area contributed by atoms with Gasteiger partial charge in [-0.15, -0.1) is 10.2 Å². The molecule has 1 aromatic heterocycles. The minimum absolute atomic E-state index is 0.0450. The summed E-state index contributed by atoms with van der Waals surface area (Å²) in [5.41, 5.74) is 0.264. The number of phenols is 1. The normalized spacial score (nSPS) is 10.4. The third-order valence-electron chi connectivity index (χ3n) is 2.07. The van der Waals surface area contributed by atoms with Crippen LogP contribution < -0.4 is 5.32 Å². The first-order valence-electron chi connectivity index (χ1n) is 5.26. The predicted octanol–water partition coefficient (Wildman–Crippen LogP) is 2.47. The van der Waals surface area contributed by atoms with E-state index in [9.17, 15) is 9.90 Å². The molecule has 0 fully saturated rings. The summed E-state index contributed by atoms with van der Waals surface area (Å²) in [6.45, 7) is 1.67. The fourth-order valence-electron chi connectivity index (χ4n) is 1.26. The fraction of sp³-hybridized carbons (Fsp3) is 0.182. The summed E-state index contributed by atoms with van der Waals surface area (Å²) in [5, 5.41) is 20.2. The van der Waals surface area contributed by atoms with Crippen molar-refractivity contribution in [3.63, 3.8) is 0 Å². The van der Waals surface area contributed by atoms with Crippen molar-refractivity contribution >= 4 is 35.0 Å². The Kier molecular flexibility index (Phi) is 4.28. The molecule has 1 heterocycles. The number of thioether (sulfide) groups is 1. The number of carbonyl (C=O) groups excluding carboxylic acids is 1. The van der Waals surface area contributed by atoms with Crippen LogP contribution >= 0.6 is 23.4 Å². The molecule has 0 aliphatic carbocycles. The topological polar surface area (TPSA) is 88.2 Å². The molecule has 0 saturated carbocycles. The van der Waals surface area contributed by atoms with Crippen molar-refractivity contribution in [2.24, 2.45) is 0 Å². The van der Waals surface area contributed by atoms with Crippen molar-refractivity contribution in [1.29, 1.82) is 0 Å². The zero-order chi connectivity index (χ0) is 13.8. The molecule has 6 nitrogen and oxygen atoms in total. The van der Waals surface area contributed by atoms with Crippen LogP contribution in [-0.2, 0) is 4.79 Å². The minimum atomic E-state index is -0.307. The standard InChI is InChI=1S/C11H10ClN3O3S/c1-6-14-15-11(18-6)19-5-10(17)13-8-4-7(12)2-3-9(8)16/h2-4,16H,5H2,1H3,(H,13,17). The van der Waals surface area contributed by atoms with Crippen molar-refractivity contribution in [3.05, 3.63) is 29.1 Å². The van der Waals surface area contributed by atoms with Crippen LogP contribution in [0.25, 0.3) is 0 Å². The van der Waals surface area contributed by atoms with E-state index in [0.29, 0.717) is 16.1 Å². The van der Waals surface area contributed by atoms with Gasteiger partial charge in [0.25, 0.3) is 5.22 Å². The highest BCUT2D eigenvalue weighted by Crippen LogP contribution is 2.26. The van der Waals surface area contributed by atoms with E-state index in [2.05, 4.69) is 15.5 Å². The van der Waals surface area contributed by atoms with E-state index in [4.69, 9.17) is 16.0 Å². The molecule has 8 heteroatoms.